The van der Waals surface area contributed by atoms with Gasteiger partial charge in [0.1, 0.15) is 33.5 Å². The zero-order valence-electron chi connectivity index (χ0n) is 21.0. The van der Waals surface area contributed by atoms with E-state index in [0.717, 1.165) is 82.9 Å². The van der Waals surface area contributed by atoms with Crippen molar-refractivity contribution >= 4 is 82.9 Å². The van der Waals surface area contributed by atoms with Crippen LogP contribution < -0.4 is 4.90 Å². The Bertz CT molecular complexity index is 2140. The Morgan fingerprint density at radius 1 is 0.400 bits per heavy atom. The summed E-state index contributed by atoms with van der Waals surface area (Å²) in [4.78, 5) is 10.8. The van der Waals surface area contributed by atoms with E-state index < -0.39 is 0 Å². The van der Waals surface area contributed by atoms with Gasteiger partial charge in [0.2, 0.25) is 0 Å². The summed E-state index contributed by atoms with van der Waals surface area (Å²) in [7, 11) is 0. The molecule has 0 saturated carbocycles. The number of rotatable bonds is 3. The number of hydrogen-bond acceptors (Lipinski definition) is 6. The summed E-state index contributed by atoms with van der Waals surface area (Å²) in [6.07, 6.45) is 7.19. The molecule has 9 rings (SSSR count). The average molecular weight is 518 g/mol. The van der Waals surface area contributed by atoms with Crippen molar-refractivity contribution < 1.29 is 13.3 Å². The van der Waals surface area contributed by atoms with Crippen LogP contribution in [-0.4, -0.2) is 9.97 Å². The third-order valence-corrected chi connectivity index (χ3v) is 7.65. The monoisotopic (exact) mass is 517 g/mol. The summed E-state index contributed by atoms with van der Waals surface area (Å²) >= 11 is 0. The van der Waals surface area contributed by atoms with Crippen LogP contribution >= 0.6 is 0 Å². The van der Waals surface area contributed by atoms with Gasteiger partial charge < -0.3 is 18.2 Å². The van der Waals surface area contributed by atoms with E-state index in [4.69, 9.17) is 13.3 Å². The number of anilines is 3. The highest BCUT2D eigenvalue weighted by molar-refractivity contribution is 6.09. The molecule has 5 heterocycles. The number of hydrogen-bond donors (Lipinski definition) is 0. The third-order valence-electron chi connectivity index (χ3n) is 7.65. The van der Waals surface area contributed by atoms with Crippen molar-refractivity contribution in [2.24, 2.45) is 0 Å². The Labute approximate surface area is 226 Å². The molecule has 6 heteroatoms. The van der Waals surface area contributed by atoms with Gasteiger partial charge >= 0.3 is 0 Å². The third kappa shape index (κ3) is 3.04. The Hall–Kier alpha value is -5.62. The number of pyridine rings is 2. The molecule has 0 aliphatic carbocycles. The summed E-state index contributed by atoms with van der Waals surface area (Å²) in [6.45, 7) is 0. The van der Waals surface area contributed by atoms with Gasteiger partial charge in [0.25, 0.3) is 0 Å². The zero-order valence-corrected chi connectivity index (χ0v) is 21.0. The number of benzene rings is 4. The molecule has 9 aromatic rings. The second kappa shape index (κ2) is 7.94. The first kappa shape index (κ1) is 21.3. The minimum absolute atomic E-state index is 0.797. The molecule has 0 fully saturated rings. The molecule has 40 heavy (non-hydrogen) atoms. The van der Waals surface area contributed by atoms with Gasteiger partial charge in [0.15, 0.2) is 0 Å². The molecule has 188 valence electrons. The van der Waals surface area contributed by atoms with E-state index in [-0.39, 0.29) is 0 Å². The number of aromatic nitrogens is 2. The van der Waals surface area contributed by atoms with Crippen LogP contribution in [0.2, 0.25) is 0 Å². The van der Waals surface area contributed by atoms with Gasteiger partial charge in [0, 0.05) is 92.4 Å². The average Bonchev–Trinajstić information content (AvgIpc) is 3.67. The van der Waals surface area contributed by atoms with Crippen LogP contribution in [0.4, 0.5) is 17.1 Å². The highest BCUT2D eigenvalue weighted by Gasteiger charge is 2.19. The second-order valence-corrected chi connectivity index (χ2v) is 9.92. The number of furan rings is 3. The summed E-state index contributed by atoms with van der Waals surface area (Å²) in [5.41, 5.74) is 7.79. The molecular formula is C34H19N3O3. The molecule has 6 nitrogen and oxygen atoms in total. The smallest absolute Gasteiger partial charge is 0.138 e. The van der Waals surface area contributed by atoms with Crippen LogP contribution in [0.1, 0.15) is 0 Å². The molecule has 0 radical (unpaired) electrons. The fourth-order valence-corrected chi connectivity index (χ4v) is 5.80. The van der Waals surface area contributed by atoms with E-state index in [1.807, 2.05) is 42.7 Å². The maximum absolute atomic E-state index is 6.26. The van der Waals surface area contributed by atoms with Crippen molar-refractivity contribution in [3.05, 3.63) is 116 Å². The van der Waals surface area contributed by atoms with Gasteiger partial charge in [-0.05, 0) is 54.6 Å². The molecule has 4 aromatic carbocycles. The Balaban J connectivity index is 1.29. The molecule has 0 spiro atoms. The lowest BCUT2D eigenvalue weighted by atomic mass is 10.1. The molecular weight excluding hydrogens is 498 g/mol. The van der Waals surface area contributed by atoms with E-state index in [1.165, 1.54) is 0 Å². The van der Waals surface area contributed by atoms with Gasteiger partial charge in [-0.3, -0.25) is 9.97 Å². The lowest BCUT2D eigenvalue weighted by Crippen LogP contribution is -2.09. The normalized spacial score (nSPS) is 12.0. The molecule has 0 bridgehead atoms. The van der Waals surface area contributed by atoms with Crippen LogP contribution in [0, 0.1) is 0 Å². The molecule has 0 amide bonds. The summed E-state index contributed by atoms with van der Waals surface area (Å²) in [5, 5.41) is 6.23. The highest BCUT2D eigenvalue weighted by atomic mass is 16.3. The molecule has 0 atom stereocenters. The van der Waals surface area contributed by atoms with E-state index in [1.54, 1.807) is 12.4 Å². The first-order valence-electron chi connectivity index (χ1n) is 13.0. The minimum Gasteiger partial charge on any atom is -0.456 e. The van der Waals surface area contributed by atoms with Gasteiger partial charge in [0.05, 0.1) is 0 Å². The van der Waals surface area contributed by atoms with Gasteiger partial charge in [-0.2, -0.15) is 0 Å². The van der Waals surface area contributed by atoms with Crippen LogP contribution in [0.15, 0.2) is 129 Å². The molecule has 0 aliphatic rings. The van der Waals surface area contributed by atoms with Crippen LogP contribution in [0.5, 0.6) is 0 Å². The Morgan fingerprint density at radius 3 is 1.35 bits per heavy atom. The van der Waals surface area contributed by atoms with Crippen molar-refractivity contribution in [3.63, 3.8) is 0 Å². The van der Waals surface area contributed by atoms with E-state index in [9.17, 15) is 0 Å². The minimum atomic E-state index is 0.797. The van der Waals surface area contributed by atoms with E-state index >= 15 is 0 Å². The van der Waals surface area contributed by atoms with Crippen LogP contribution in [0.3, 0.4) is 0 Å². The predicted octanol–water partition coefficient (Wildman–Crippen LogP) is 9.64. The largest absolute Gasteiger partial charge is 0.456 e. The van der Waals surface area contributed by atoms with Crippen molar-refractivity contribution in [1.29, 1.82) is 0 Å². The molecule has 0 N–H and O–H groups in total. The van der Waals surface area contributed by atoms with Crippen molar-refractivity contribution in [2.45, 2.75) is 0 Å². The molecule has 0 unspecified atom stereocenters. The van der Waals surface area contributed by atoms with Crippen molar-refractivity contribution in [2.75, 3.05) is 4.90 Å². The fraction of sp³-hybridized carbons (Fsp3) is 0. The lowest BCUT2D eigenvalue weighted by Gasteiger charge is -2.25. The number of nitrogens with zero attached hydrogens (tertiary/aromatic N) is 3. The highest BCUT2D eigenvalue weighted by Crippen LogP contribution is 2.42. The summed E-state index contributed by atoms with van der Waals surface area (Å²) < 4.78 is 18.7. The first-order valence-corrected chi connectivity index (χ1v) is 13.0. The second-order valence-electron chi connectivity index (χ2n) is 9.92. The van der Waals surface area contributed by atoms with E-state index in [2.05, 4.69) is 75.5 Å². The number of fused-ring (bicyclic) bond motifs is 9. The van der Waals surface area contributed by atoms with Crippen LogP contribution in [0.25, 0.3) is 65.8 Å². The summed E-state index contributed by atoms with van der Waals surface area (Å²) in [6, 6.07) is 30.8. The molecule has 0 saturated heterocycles. The molecule has 5 aromatic heterocycles. The first-order chi connectivity index (χ1) is 19.8. The van der Waals surface area contributed by atoms with Gasteiger partial charge in [-0.15, -0.1) is 0 Å². The predicted molar refractivity (Wildman–Crippen MR) is 159 cm³/mol. The van der Waals surface area contributed by atoms with Gasteiger partial charge in [-0.1, -0.05) is 18.2 Å². The van der Waals surface area contributed by atoms with Crippen molar-refractivity contribution in [1.82, 2.24) is 9.97 Å². The Morgan fingerprint density at radius 2 is 0.825 bits per heavy atom. The SMILES string of the molecule is c1ccc2c(c1)oc1cc(N(c3ccc4c(c3)oc3ccncc34)c3ccc4c(c3)oc3ccncc34)ccc12. The van der Waals surface area contributed by atoms with E-state index in [0.29, 0.717) is 0 Å². The number of para-hydroxylation sites is 1. The quantitative estimate of drug-likeness (QED) is 0.232. The summed E-state index contributed by atoms with van der Waals surface area (Å²) in [5.74, 6) is 0. The molecule has 0 aliphatic heterocycles. The maximum Gasteiger partial charge on any atom is 0.138 e. The standard InChI is InChI=1S/C34H19N3O3/c1-2-4-29-23(3-1)24-8-5-20(15-32(24)38-29)37(21-6-9-25-27-18-35-13-11-30(27)39-33(25)16-21)22-7-10-26-28-19-36-14-12-31(28)40-34(26)17-22/h1-19H. The van der Waals surface area contributed by atoms with Gasteiger partial charge in [-0.25, -0.2) is 0 Å². The lowest BCUT2D eigenvalue weighted by molar-refractivity contribution is 0.668. The van der Waals surface area contributed by atoms with Crippen molar-refractivity contribution in [3.8, 4) is 0 Å². The topological polar surface area (TPSA) is 68.4 Å². The maximum atomic E-state index is 6.26. The van der Waals surface area contributed by atoms with Crippen LogP contribution in [-0.2, 0) is 0 Å². The zero-order chi connectivity index (χ0) is 26.2. The Kier molecular flexibility index (Phi) is 4.24. The fourth-order valence-electron chi connectivity index (χ4n) is 5.80.